The average molecular weight is 307 g/mol. The first kappa shape index (κ1) is 15.1. The largest absolute Gasteiger partial charge is 0.357 e. The van der Waals surface area contributed by atoms with E-state index in [1.165, 1.54) is 15.3 Å². The second kappa shape index (κ2) is 8.07. The summed E-state index contributed by atoms with van der Waals surface area (Å²) in [5.74, 6) is 0.900. The number of hydrogen-bond donors (Lipinski definition) is 2. The first-order valence-electron chi connectivity index (χ1n) is 6.87. The number of nitrogens with zero attached hydrogens (tertiary/aromatic N) is 1. The van der Waals surface area contributed by atoms with Crippen molar-refractivity contribution < 1.29 is 0 Å². The third-order valence-electron chi connectivity index (χ3n) is 2.94. The lowest BCUT2D eigenvalue weighted by molar-refractivity contribution is 0.805. The third kappa shape index (κ3) is 4.65. The Morgan fingerprint density at radius 1 is 1.20 bits per heavy atom. The maximum Gasteiger partial charge on any atom is 0.191 e. The van der Waals surface area contributed by atoms with Crippen molar-refractivity contribution in [3.63, 3.8) is 0 Å². The van der Waals surface area contributed by atoms with Crippen LogP contribution in [0, 0.1) is 6.92 Å². The number of aryl methyl sites for hydroxylation is 1. The van der Waals surface area contributed by atoms with Gasteiger partial charge in [0.1, 0.15) is 0 Å². The van der Waals surface area contributed by atoms with E-state index in [4.69, 9.17) is 0 Å². The van der Waals surface area contributed by atoms with E-state index < -0.39 is 0 Å². The Morgan fingerprint density at radius 3 is 2.75 bits per heavy atom. The predicted octanol–water partition coefficient (Wildman–Crippen LogP) is 3.42. The highest BCUT2D eigenvalue weighted by Crippen LogP contribution is 2.16. The third-order valence-corrected chi connectivity index (χ3v) is 4.88. The van der Waals surface area contributed by atoms with Gasteiger partial charge in [0.2, 0.25) is 0 Å². The number of guanidine groups is 1. The van der Waals surface area contributed by atoms with E-state index in [1.807, 2.05) is 0 Å². The molecule has 5 heteroatoms. The maximum atomic E-state index is 4.64. The molecule has 2 rings (SSSR count). The summed E-state index contributed by atoms with van der Waals surface area (Å²) < 4.78 is 0. The van der Waals surface area contributed by atoms with Crippen LogP contribution in [0.2, 0.25) is 0 Å². The summed E-state index contributed by atoms with van der Waals surface area (Å²) in [5, 5.41) is 10.9. The van der Waals surface area contributed by atoms with Gasteiger partial charge in [-0.1, -0.05) is 6.07 Å². The molecule has 0 aliphatic heterocycles. The van der Waals surface area contributed by atoms with Gasteiger partial charge < -0.3 is 10.6 Å². The van der Waals surface area contributed by atoms with Crippen molar-refractivity contribution in [3.8, 4) is 0 Å². The fraction of sp³-hybridized carbons (Fsp3) is 0.400. The van der Waals surface area contributed by atoms with Crippen LogP contribution in [0.15, 0.2) is 34.0 Å². The number of thiophene rings is 2. The van der Waals surface area contributed by atoms with Gasteiger partial charge in [0.15, 0.2) is 5.96 Å². The zero-order valence-corrected chi connectivity index (χ0v) is 13.6. The molecule has 2 heterocycles. The van der Waals surface area contributed by atoms with Crippen molar-refractivity contribution in [1.82, 2.24) is 10.6 Å². The quantitative estimate of drug-likeness (QED) is 0.634. The lowest BCUT2D eigenvalue weighted by Crippen LogP contribution is -2.38. The van der Waals surface area contributed by atoms with E-state index >= 15 is 0 Å². The van der Waals surface area contributed by atoms with E-state index in [2.05, 4.69) is 58.4 Å². The van der Waals surface area contributed by atoms with Crippen molar-refractivity contribution >= 4 is 28.6 Å². The molecule has 0 aliphatic carbocycles. The molecule has 0 saturated heterocycles. The highest BCUT2D eigenvalue weighted by molar-refractivity contribution is 7.10. The molecule has 0 unspecified atom stereocenters. The molecule has 108 valence electrons. The van der Waals surface area contributed by atoms with Crippen LogP contribution in [0.4, 0.5) is 0 Å². The Bertz CT molecular complexity index is 529. The van der Waals surface area contributed by atoms with Crippen LogP contribution in [0.5, 0.6) is 0 Å². The second-order valence-electron chi connectivity index (χ2n) is 4.48. The van der Waals surface area contributed by atoms with Crippen molar-refractivity contribution in [2.45, 2.75) is 26.8 Å². The van der Waals surface area contributed by atoms with Gasteiger partial charge in [0, 0.05) is 22.8 Å². The van der Waals surface area contributed by atoms with Gasteiger partial charge in [-0.3, -0.25) is 0 Å². The van der Waals surface area contributed by atoms with Crippen LogP contribution < -0.4 is 10.6 Å². The average Bonchev–Trinajstić information content (AvgIpc) is 3.08. The van der Waals surface area contributed by atoms with Gasteiger partial charge in [-0.15, -0.1) is 22.7 Å². The van der Waals surface area contributed by atoms with Crippen LogP contribution >= 0.6 is 22.7 Å². The molecule has 2 N–H and O–H groups in total. The first-order chi connectivity index (χ1) is 9.79. The smallest absolute Gasteiger partial charge is 0.191 e. The molecule has 0 aliphatic rings. The lowest BCUT2D eigenvalue weighted by atomic mass is 10.3. The Labute approximate surface area is 128 Å². The molecule has 0 radical (unpaired) electrons. The minimum atomic E-state index is 0.748. The maximum absolute atomic E-state index is 4.64. The van der Waals surface area contributed by atoms with Crippen molar-refractivity contribution in [1.29, 1.82) is 0 Å². The van der Waals surface area contributed by atoms with E-state index in [9.17, 15) is 0 Å². The Kier molecular flexibility index (Phi) is 6.08. The molecule has 3 nitrogen and oxygen atoms in total. The highest BCUT2D eigenvalue weighted by atomic mass is 32.1. The fourth-order valence-corrected chi connectivity index (χ4v) is 3.36. The Balaban J connectivity index is 1.84. The molecule has 0 amide bonds. The van der Waals surface area contributed by atoms with Gasteiger partial charge in [0.25, 0.3) is 0 Å². The first-order valence-corrected chi connectivity index (χ1v) is 8.63. The summed E-state index contributed by atoms with van der Waals surface area (Å²) >= 11 is 3.57. The van der Waals surface area contributed by atoms with Gasteiger partial charge in [-0.05, 0) is 48.7 Å². The van der Waals surface area contributed by atoms with Crippen LogP contribution in [0.3, 0.4) is 0 Å². The van der Waals surface area contributed by atoms with Crippen LogP contribution in [0.25, 0.3) is 0 Å². The van der Waals surface area contributed by atoms with Crippen LogP contribution in [-0.2, 0) is 13.0 Å². The molecule has 0 atom stereocenters. The second-order valence-corrected chi connectivity index (χ2v) is 6.51. The lowest BCUT2D eigenvalue weighted by Gasteiger charge is -2.10. The minimum absolute atomic E-state index is 0.748. The van der Waals surface area contributed by atoms with E-state index in [-0.39, 0.29) is 0 Å². The number of aliphatic imine (C=N–C) groups is 1. The number of rotatable bonds is 6. The normalized spacial score (nSPS) is 11.6. The fourth-order valence-electron chi connectivity index (χ4n) is 1.82. The molecule has 0 aromatic carbocycles. The molecule has 0 bridgehead atoms. The molecule has 0 fully saturated rings. The van der Waals surface area contributed by atoms with E-state index in [0.717, 1.165) is 32.0 Å². The van der Waals surface area contributed by atoms with Crippen molar-refractivity contribution in [3.05, 3.63) is 44.3 Å². The predicted molar refractivity (Wildman–Crippen MR) is 89.9 cm³/mol. The van der Waals surface area contributed by atoms with Gasteiger partial charge in [-0.25, -0.2) is 4.99 Å². The summed E-state index contributed by atoms with van der Waals surface area (Å²) in [7, 11) is 0. The highest BCUT2D eigenvalue weighted by Gasteiger charge is 2.01. The van der Waals surface area contributed by atoms with Crippen molar-refractivity contribution in [2.24, 2.45) is 4.99 Å². The molecule has 0 saturated carbocycles. The summed E-state index contributed by atoms with van der Waals surface area (Å²) in [5.41, 5.74) is 1.33. The van der Waals surface area contributed by atoms with Crippen molar-refractivity contribution in [2.75, 3.05) is 13.1 Å². The minimum Gasteiger partial charge on any atom is -0.357 e. The summed E-state index contributed by atoms with van der Waals surface area (Å²) in [6.45, 7) is 6.77. The summed E-state index contributed by atoms with van der Waals surface area (Å²) in [6.07, 6.45) is 1.04. The number of hydrogen-bond acceptors (Lipinski definition) is 3. The number of nitrogens with one attached hydrogen (secondary N) is 2. The summed E-state index contributed by atoms with van der Waals surface area (Å²) in [6, 6.07) is 6.41. The molecular weight excluding hydrogens is 286 g/mol. The molecule has 20 heavy (non-hydrogen) atoms. The monoisotopic (exact) mass is 307 g/mol. The van der Waals surface area contributed by atoms with Gasteiger partial charge >= 0.3 is 0 Å². The van der Waals surface area contributed by atoms with E-state index in [1.54, 1.807) is 22.7 Å². The topological polar surface area (TPSA) is 36.4 Å². The molecule has 0 spiro atoms. The zero-order chi connectivity index (χ0) is 14.2. The van der Waals surface area contributed by atoms with Gasteiger partial charge in [0.05, 0.1) is 6.54 Å². The molecule has 2 aromatic rings. The standard InChI is InChI=1S/C15H21N3S2/c1-3-16-15(17-8-6-13-5-4-9-19-13)18-11-14-12(2)7-10-20-14/h4-5,7,9-10H,3,6,8,11H2,1-2H3,(H2,16,17,18). The Hall–Kier alpha value is -1.33. The van der Waals surface area contributed by atoms with Gasteiger partial charge in [-0.2, -0.15) is 0 Å². The van der Waals surface area contributed by atoms with Crippen LogP contribution in [-0.4, -0.2) is 19.0 Å². The molecule has 2 aromatic heterocycles. The Morgan fingerprint density at radius 2 is 2.10 bits per heavy atom. The summed E-state index contributed by atoms with van der Waals surface area (Å²) in [4.78, 5) is 7.38. The van der Waals surface area contributed by atoms with E-state index in [0.29, 0.717) is 0 Å². The molecular formula is C15H21N3S2. The zero-order valence-electron chi connectivity index (χ0n) is 12.0. The SMILES string of the molecule is CCNC(=NCc1sccc1C)NCCc1cccs1. The van der Waals surface area contributed by atoms with Crippen LogP contribution in [0.1, 0.15) is 22.2 Å².